The third-order valence-electron chi connectivity index (χ3n) is 3.13. The Morgan fingerprint density at radius 1 is 1.50 bits per heavy atom. The molecule has 0 aliphatic rings. The smallest absolute Gasteiger partial charge is 0.355 e. The number of aromatic nitrogens is 2. The summed E-state index contributed by atoms with van der Waals surface area (Å²) in [6, 6.07) is 5.71. The highest BCUT2D eigenvalue weighted by Crippen LogP contribution is 2.33. The number of carbonyl (C=O) groups is 1. The number of aromatic carboxylic acids is 1. The van der Waals surface area contributed by atoms with Crippen LogP contribution < -0.4 is 4.74 Å². The summed E-state index contributed by atoms with van der Waals surface area (Å²) in [5, 5.41) is 13.5. The van der Waals surface area contributed by atoms with Crippen LogP contribution in [0.15, 0.2) is 22.7 Å². The molecule has 0 saturated carbocycles. The molecular weight excluding hydrogens is 324 g/mol. The van der Waals surface area contributed by atoms with Crippen molar-refractivity contribution in [3.8, 4) is 17.0 Å². The van der Waals surface area contributed by atoms with Gasteiger partial charge in [0.15, 0.2) is 5.69 Å². The monoisotopic (exact) mass is 338 g/mol. The fourth-order valence-electron chi connectivity index (χ4n) is 2.12. The fraction of sp³-hybridized carbons (Fsp3) is 0.286. The molecule has 0 fully saturated rings. The summed E-state index contributed by atoms with van der Waals surface area (Å²) in [6.07, 6.45) is 0.827. The summed E-state index contributed by atoms with van der Waals surface area (Å²) < 4.78 is 7.14. The molecule has 106 valence electrons. The molecule has 2 aromatic rings. The third kappa shape index (κ3) is 2.43. The summed E-state index contributed by atoms with van der Waals surface area (Å²) in [5.41, 5.74) is 2.66. The van der Waals surface area contributed by atoms with E-state index in [4.69, 9.17) is 4.74 Å². The van der Waals surface area contributed by atoms with Crippen molar-refractivity contribution in [3.05, 3.63) is 33.9 Å². The number of hydrogen-bond donors (Lipinski definition) is 1. The standard InChI is InChI=1S/C14H15BrN2O3/c1-4-8-7-9(5-6-10(8)20-3)12-11(15)13(14(18)19)17(2)16-12/h5-7H,4H2,1-3H3,(H,18,19). The number of benzene rings is 1. The minimum Gasteiger partial charge on any atom is -0.496 e. The minimum absolute atomic E-state index is 0.133. The molecule has 0 aliphatic heterocycles. The SMILES string of the molecule is CCc1cc(-c2nn(C)c(C(=O)O)c2Br)ccc1OC. The van der Waals surface area contributed by atoms with Crippen LogP contribution in [0.1, 0.15) is 23.0 Å². The first-order valence-corrected chi connectivity index (χ1v) is 6.92. The highest BCUT2D eigenvalue weighted by molar-refractivity contribution is 9.10. The molecule has 0 radical (unpaired) electrons. The Kier molecular flexibility index (Phi) is 4.13. The number of carboxylic acid groups (broad SMARTS) is 1. The number of ether oxygens (including phenoxy) is 1. The normalized spacial score (nSPS) is 10.6. The van der Waals surface area contributed by atoms with E-state index in [1.807, 2.05) is 25.1 Å². The Hall–Kier alpha value is -1.82. The van der Waals surface area contributed by atoms with Crippen molar-refractivity contribution in [1.82, 2.24) is 9.78 Å². The van der Waals surface area contributed by atoms with E-state index in [2.05, 4.69) is 21.0 Å². The number of rotatable bonds is 4. The Bertz CT molecular complexity index is 665. The van der Waals surface area contributed by atoms with Crippen LogP contribution in [0.3, 0.4) is 0 Å². The molecule has 0 bridgehead atoms. The van der Waals surface area contributed by atoms with Crippen molar-refractivity contribution < 1.29 is 14.6 Å². The molecule has 0 spiro atoms. The van der Waals surface area contributed by atoms with Gasteiger partial charge >= 0.3 is 5.97 Å². The van der Waals surface area contributed by atoms with Crippen LogP contribution in [0.25, 0.3) is 11.3 Å². The molecule has 0 aliphatic carbocycles. The molecule has 0 saturated heterocycles. The molecule has 5 nitrogen and oxygen atoms in total. The lowest BCUT2D eigenvalue weighted by molar-refractivity contribution is 0.0684. The van der Waals surface area contributed by atoms with Gasteiger partial charge in [-0.3, -0.25) is 4.68 Å². The lowest BCUT2D eigenvalue weighted by Gasteiger charge is -2.08. The number of hydrogen-bond acceptors (Lipinski definition) is 3. The first kappa shape index (κ1) is 14.6. The number of halogens is 1. The van der Waals surface area contributed by atoms with Crippen LogP contribution in [0.5, 0.6) is 5.75 Å². The maximum absolute atomic E-state index is 11.2. The second-order valence-electron chi connectivity index (χ2n) is 4.32. The molecule has 1 aromatic heterocycles. The van der Waals surface area contributed by atoms with Gasteiger partial charge in [-0.1, -0.05) is 6.92 Å². The Labute approximate surface area is 125 Å². The summed E-state index contributed by atoms with van der Waals surface area (Å²) in [7, 11) is 3.25. The van der Waals surface area contributed by atoms with Crippen molar-refractivity contribution >= 4 is 21.9 Å². The van der Waals surface area contributed by atoms with Gasteiger partial charge in [-0.25, -0.2) is 4.79 Å². The van der Waals surface area contributed by atoms with Crippen molar-refractivity contribution in [1.29, 1.82) is 0 Å². The van der Waals surface area contributed by atoms with Crippen molar-refractivity contribution in [2.24, 2.45) is 7.05 Å². The number of carboxylic acids is 1. The minimum atomic E-state index is -1.01. The first-order chi connectivity index (χ1) is 9.49. The van der Waals surface area contributed by atoms with E-state index in [9.17, 15) is 9.90 Å². The predicted octanol–water partition coefficient (Wildman–Crippen LogP) is 3.12. The highest BCUT2D eigenvalue weighted by Gasteiger charge is 2.21. The van der Waals surface area contributed by atoms with E-state index < -0.39 is 5.97 Å². The van der Waals surface area contributed by atoms with Crippen LogP contribution in [-0.2, 0) is 13.5 Å². The van der Waals surface area contributed by atoms with E-state index in [0.29, 0.717) is 10.2 Å². The number of aryl methyl sites for hydroxylation is 2. The Morgan fingerprint density at radius 3 is 2.70 bits per heavy atom. The van der Waals surface area contributed by atoms with E-state index in [1.165, 1.54) is 4.68 Å². The van der Waals surface area contributed by atoms with Gasteiger partial charge in [0.25, 0.3) is 0 Å². The molecule has 1 N–H and O–H groups in total. The van der Waals surface area contributed by atoms with Crippen LogP contribution in [0.4, 0.5) is 0 Å². The van der Waals surface area contributed by atoms with Crippen LogP contribution in [0, 0.1) is 0 Å². The molecule has 1 aromatic carbocycles. The van der Waals surface area contributed by atoms with Gasteiger partial charge in [0.2, 0.25) is 0 Å². The van der Waals surface area contributed by atoms with Crippen molar-refractivity contribution in [2.45, 2.75) is 13.3 Å². The van der Waals surface area contributed by atoms with Crippen LogP contribution in [0.2, 0.25) is 0 Å². The molecule has 0 unspecified atom stereocenters. The molecule has 2 rings (SSSR count). The quantitative estimate of drug-likeness (QED) is 0.930. The zero-order chi connectivity index (χ0) is 14.9. The van der Waals surface area contributed by atoms with Gasteiger partial charge in [0, 0.05) is 12.6 Å². The van der Waals surface area contributed by atoms with E-state index in [0.717, 1.165) is 23.3 Å². The lowest BCUT2D eigenvalue weighted by atomic mass is 10.1. The Balaban J connectivity index is 2.58. The average molecular weight is 339 g/mol. The third-order valence-corrected chi connectivity index (χ3v) is 3.88. The topological polar surface area (TPSA) is 64.4 Å². The zero-order valence-corrected chi connectivity index (χ0v) is 13.1. The summed E-state index contributed by atoms with van der Waals surface area (Å²) >= 11 is 3.33. The van der Waals surface area contributed by atoms with Crippen LogP contribution >= 0.6 is 15.9 Å². The van der Waals surface area contributed by atoms with E-state index >= 15 is 0 Å². The van der Waals surface area contributed by atoms with Crippen molar-refractivity contribution in [2.75, 3.05) is 7.11 Å². The highest BCUT2D eigenvalue weighted by atomic mass is 79.9. The maximum atomic E-state index is 11.2. The Morgan fingerprint density at radius 2 is 2.20 bits per heavy atom. The largest absolute Gasteiger partial charge is 0.496 e. The van der Waals surface area contributed by atoms with Gasteiger partial charge in [-0.05, 0) is 46.1 Å². The second kappa shape index (κ2) is 5.66. The number of methoxy groups -OCH3 is 1. The summed E-state index contributed by atoms with van der Waals surface area (Å²) in [6.45, 7) is 2.04. The molecule has 1 heterocycles. The molecule has 20 heavy (non-hydrogen) atoms. The van der Waals surface area contributed by atoms with Gasteiger partial charge in [0.1, 0.15) is 11.4 Å². The second-order valence-corrected chi connectivity index (χ2v) is 5.11. The molecule has 6 heteroatoms. The lowest BCUT2D eigenvalue weighted by Crippen LogP contribution is -2.05. The first-order valence-electron chi connectivity index (χ1n) is 6.12. The van der Waals surface area contributed by atoms with Gasteiger partial charge in [-0.15, -0.1) is 0 Å². The zero-order valence-electron chi connectivity index (χ0n) is 11.5. The molecule has 0 amide bonds. The van der Waals surface area contributed by atoms with Gasteiger partial charge in [0.05, 0.1) is 11.6 Å². The average Bonchev–Trinajstić information content (AvgIpc) is 2.73. The van der Waals surface area contributed by atoms with Crippen LogP contribution in [-0.4, -0.2) is 28.0 Å². The summed E-state index contributed by atoms with van der Waals surface area (Å²) in [4.78, 5) is 11.2. The maximum Gasteiger partial charge on any atom is 0.355 e. The van der Waals surface area contributed by atoms with Gasteiger partial charge in [-0.2, -0.15) is 5.10 Å². The van der Waals surface area contributed by atoms with Crippen molar-refractivity contribution in [3.63, 3.8) is 0 Å². The molecule has 0 atom stereocenters. The predicted molar refractivity (Wildman–Crippen MR) is 79.2 cm³/mol. The van der Waals surface area contributed by atoms with E-state index in [-0.39, 0.29) is 5.69 Å². The van der Waals surface area contributed by atoms with Gasteiger partial charge < -0.3 is 9.84 Å². The van der Waals surface area contributed by atoms with E-state index in [1.54, 1.807) is 14.2 Å². The summed E-state index contributed by atoms with van der Waals surface area (Å²) in [5.74, 6) is -0.191. The number of nitrogens with zero attached hydrogens (tertiary/aromatic N) is 2. The molecular formula is C14H15BrN2O3. The fourth-order valence-corrected chi connectivity index (χ4v) is 2.85.